The number of anilines is 1. The highest BCUT2D eigenvalue weighted by atomic mass is 35.5. The van der Waals surface area contributed by atoms with E-state index in [4.69, 9.17) is 27.6 Å². The second kappa shape index (κ2) is 7.93. The first-order chi connectivity index (χ1) is 15.3. The Bertz CT molecular complexity index is 1530. The third-order valence-corrected chi connectivity index (χ3v) is 7.32. The monoisotopic (exact) mass is 480 g/mol. The van der Waals surface area contributed by atoms with Gasteiger partial charge in [-0.1, -0.05) is 41.4 Å². The number of thiophene rings is 1. The van der Waals surface area contributed by atoms with Gasteiger partial charge in [0.05, 0.1) is 5.02 Å². The molecular weight excluding hydrogens is 463 g/mol. The Kier molecular flexibility index (Phi) is 5.20. The zero-order chi connectivity index (χ0) is 22.6. The number of carbonyl (C=O) groups is 1. The average Bonchev–Trinajstić information content (AvgIpc) is 3.30. The summed E-state index contributed by atoms with van der Waals surface area (Å²) in [6, 6.07) is 15.1. The number of aromatic nitrogens is 1. The van der Waals surface area contributed by atoms with Crippen molar-refractivity contribution in [2.75, 3.05) is 5.32 Å². The van der Waals surface area contributed by atoms with Gasteiger partial charge in [0.25, 0.3) is 5.91 Å². The molecule has 0 radical (unpaired) electrons. The van der Waals surface area contributed by atoms with Gasteiger partial charge >= 0.3 is 0 Å². The number of fused-ring (bicyclic) bond motifs is 2. The number of halogens is 2. The molecule has 7 heteroatoms. The van der Waals surface area contributed by atoms with Crippen molar-refractivity contribution >= 4 is 67.3 Å². The lowest BCUT2D eigenvalue weighted by Crippen LogP contribution is -2.12. The maximum atomic E-state index is 13.1. The number of oxazole rings is 1. The molecule has 2 aromatic heterocycles. The summed E-state index contributed by atoms with van der Waals surface area (Å²) >= 11 is 13.9. The zero-order valence-electron chi connectivity index (χ0n) is 17.5. The lowest BCUT2D eigenvalue weighted by atomic mass is 10.1. The van der Waals surface area contributed by atoms with Crippen LogP contribution in [0.4, 0.5) is 5.69 Å². The predicted molar refractivity (Wildman–Crippen MR) is 133 cm³/mol. The van der Waals surface area contributed by atoms with Gasteiger partial charge in [-0.3, -0.25) is 4.79 Å². The largest absolute Gasteiger partial charge is 0.436 e. The second-order valence-corrected chi connectivity index (χ2v) is 9.63. The number of hydrogen-bond acceptors (Lipinski definition) is 4. The number of nitrogens with zero attached hydrogens (tertiary/aromatic N) is 1. The summed E-state index contributed by atoms with van der Waals surface area (Å²) in [4.78, 5) is 18.2. The number of aryl methyl sites for hydroxylation is 2. The fourth-order valence-electron chi connectivity index (χ4n) is 3.86. The van der Waals surface area contributed by atoms with Crippen molar-refractivity contribution in [1.29, 1.82) is 0 Å². The third-order valence-electron chi connectivity index (χ3n) is 5.43. The van der Waals surface area contributed by atoms with E-state index in [-0.39, 0.29) is 5.91 Å². The summed E-state index contributed by atoms with van der Waals surface area (Å²) in [5.41, 5.74) is 6.13. The molecule has 5 rings (SSSR count). The van der Waals surface area contributed by atoms with Crippen molar-refractivity contribution in [3.05, 3.63) is 80.1 Å². The summed E-state index contributed by atoms with van der Waals surface area (Å²) in [5.74, 6) is 0.258. The Morgan fingerprint density at radius 1 is 1.06 bits per heavy atom. The number of amides is 1. The van der Waals surface area contributed by atoms with E-state index in [2.05, 4.69) is 16.4 Å². The van der Waals surface area contributed by atoms with E-state index in [0.29, 0.717) is 26.5 Å². The first-order valence-electron chi connectivity index (χ1n) is 9.98. The number of hydrogen-bond donors (Lipinski definition) is 1. The first-order valence-corrected chi connectivity index (χ1v) is 11.6. The minimum atomic E-state index is -0.267. The molecule has 0 aliphatic rings. The topological polar surface area (TPSA) is 55.1 Å². The van der Waals surface area contributed by atoms with Crippen molar-refractivity contribution in [1.82, 2.24) is 4.98 Å². The van der Waals surface area contributed by atoms with E-state index in [0.717, 1.165) is 43.4 Å². The Morgan fingerprint density at radius 2 is 1.88 bits per heavy atom. The van der Waals surface area contributed by atoms with Gasteiger partial charge in [0.15, 0.2) is 5.58 Å². The van der Waals surface area contributed by atoms with E-state index in [9.17, 15) is 4.79 Å². The highest BCUT2D eigenvalue weighted by Gasteiger charge is 2.20. The Hall–Kier alpha value is -2.86. The van der Waals surface area contributed by atoms with Crippen molar-refractivity contribution in [2.24, 2.45) is 0 Å². The van der Waals surface area contributed by atoms with Crippen molar-refractivity contribution in [2.45, 2.75) is 20.8 Å². The second-order valence-electron chi connectivity index (χ2n) is 7.77. The fourth-order valence-corrected chi connectivity index (χ4v) is 5.55. The average molecular weight is 481 g/mol. The first kappa shape index (κ1) is 21.0. The molecule has 2 heterocycles. The van der Waals surface area contributed by atoms with Crippen LogP contribution in [0.3, 0.4) is 0 Å². The minimum Gasteiger partial charge on any atom is -0.436 e. The minimum absolute atomic E-state index is 0.267. The van der Waals surface area contributed by atoms with Gasteiger partial charge in [-0.05, 0) is 67.8 Å². The zero-order valence-corrected chi connectivity index (χ0v) is 19.9. The van der Waals surface area contributed by atoms with Crippen LogP contribution in [0.1, 0.15) is 26.4 Å². The van der Waals surface area contributed by atoms with Crippen LogP contribution in [0, 0.1) is 20.8 Å². The van der Waals surface area contributed by atoms with E-state index in [1.165, 1.54) is 11.3 Å². The smallest absolute Gasteiger partial charge is 0.267 e. The molecule has 0 aliphatic heterocycles. The van der Waals surface area contributed by atoms with Gasteiger partial charge < -0.3 is 9.73 Å². The summed E-state index contributed by atoms with van der Waals surface area (Å²) in [5, 5.41) is 4.84. The molecular formula is C25H18Cl2N2O2S. The normalized spacial score (nSPS) is 11.4. The van der Waals surface area contributed by atoms with Crippen LogP contribution in [-0.2, 0) is 0 Å². The van der Waals surface area contributed by atoms with Crippen LogP contribution in [0.5, 0.6) is 0 Å². The number of carbonyl (C=O) groups excluding carboxylic acids is 1. The molecule has 0 unspecified atom stereocenters. The molecule has 0 saturated carbocycles. The van der Waals surface area contributed by atoms with Crippen molar-refractivity contribution in [3.8, 4) is 11.5 Å². The van der Waals surface area contributed by atoms with Crippen LogP contribution in [0.15, 0.2) is 52.9 Å². The number of nitrogens with one attached hydrogen (secondary N) is 1. The molecule has 0 saturated heterocycles. The molecule has 0 spiro atoms. The maximum absolute atomic E-state index is 13.1. The summed E-state index contributed by atoms with van der Waals surface area (Å²) in [6.07, 6.45) is 0. The standard InChI is InChI=1S/C25H18Cl2N2O2S/c1-12-9-13(2)22-19(10-12)29-25(31-22)16-5-4-6-18(14(16)3)28-24(30)23-21(27)17-8-7-15(26)11-20(17)32-23/h4-11H,1-3H3,(H,28,30). The molecule has 4 nitrogen and oxygen atoms in total. The van der Waals surface area contributed by atoms with E-state index >= 15 is 0 Å². The highest BCUT2D eigenvalue weighted by Crippen LogP contribution is 2.38. The number of rotatable bonds is 3. The lowest BCUT2D eigenvalue weighted by molar-refractivity contribution is 0.103. The molecule has 1 amide bonds. The summed E-state index contributed by atoms with van der Waals surface area (Å²) < 4.78 is 6.95. The Labute approximate surface area is 198 Å². The van der Waals surface area contributed by atoms with Gasteiger partial charge in [0, 0.05) is 26.4 Å². The van der Waals surface area contributed by atoms with Gasteiger partial charge in [0.2, 0.25) is 5.89 Å². The van der Waals surface area contributed by atoms with Gasteiger partial charge in [0.1, 0.15) is 10.4 Å². The number of benzene rings is 3. The predicted octanol–water partition coefficient (Wildman–Crippen LogP) is 8.19. The van der Waals surface area contributed by atoms with Crippen LogP contribution < -0.4 is 5.32 Å². The van der Waals surface area contributed by atoms with Crippen LogP contribution >= 0.6 is 34.5 Å². The van der Waals surface area contributed by atoms with E-state index in [1.54, 1.807) is 6.07 Å². The highest BCUT2D eigenvalue weighted by molar-refractivity contribution is 7.21. The molecule has 0 fully saturated rings. The fraction of sp³-hybridized carbons (Fsp3) is 0.120. The molecule has 160 valence electrons. The van der Waals surface area contributed by atoms with Crippen molar-refractivity contribution < 1.29 is 9.21 Å². The molecule has 1 N–H and O–H groups in total. The van der Waals surface area contributed by atoms with Gasteiger partial charge in [-0.15, -0.1) is 11.3 Å². The van der Waals surface area contributed by atoms with Gasteiger partial charge in [-0.25, -0.2) is 4.98 Å². The van der Waals surface area contributed by atoms with Crippen LogP contribution in [0.2, 0.25) is 10.0 Å². The van der Waals surface area contributed by atoms with Crippen molar-refractivity contribution in [3.63, 3.8) is 0 Å². The van der Waals surface area contributed by atoms with Crippen LogP contribution in [0.25, 0.3) is 32.6 Å². The van der Waals surface area contributed by atoms with Crippen LogP contribution in [-0.4, -0.2) is 10.9 Å². The molecule has 0 aliphatic carbocycles. The Balaban J connectivity index is 1.51. The maximum Gasteiger partial charge on any atom is 0.267 e. The van der Waals surface area contributed by atoms with E-state index in [1.807, 2.05) is 57.2 Å². The summed E-state index contributed by atoms with van der Waals surface area (Å²) in [6.45, 7) is 5.98. The SMILES string of the molecule is Cc1cc(C)c2oc(-c3cccc(NC(=O)c4sc5cc(Cl)ccc5c4Cl)c3C)nc2c1. The third kappa shape index (κ3) is 3.56. The molecule has 5 aromatic rings. The molecule has 0 bridgehead atoms. The quantitative estimate of drug-likeness (QED) is 0.283. The Morgan fingerprint density at radius 3 is 2.69 bits per heavy atom. The van der Waals surface area contributed by atoms with E-state index < -0.39 is 0 Å². The molecule has 3 aromatic carbocycles. The molecule has 0 atom stereocenters. The summed E-state index contributed by atoms with van der Waals surface area (Å²) in [7, 11) is 0. The van der Waals surface area contributed by atoms with Gasteiger partial charge in [-0.2, -0.15) is 0 Å². The lowest BCUT2D eigenvalue weighted by Gasteiger charge is -2.10. The molecule has 32 heavy (non-hydrogen) atoms.